The van der Waals surface area contributed by atoms with E-state index in [1.807, 2.05) is 0 Å². The zero-order valence-corrected chi connectivity index (χ0v) is 20.6. The molecule has 1 aliphatic heterocycles. The minimum atomic E-state index is -0.681. The first-order valence-corrected chi connectivity index (χ1v) is 12.9. The monoisotopic (exact) mass is 469 g/mol. The molecule has 3 aliphatic rings. The van der Waals surface area contributed by atoms with Crippen molar-refractivity contribution in [1.82, 2.24) is 20.5 Å². The maximum Gasteiger partial charge on any atom is 0.254 e. The van der Waals surface area contributed by atoms with E-state index in [2.05, 4.69) is 15.6 Å². The number of ether oxygens (including phenoxy) is 1. The Morgan fingerprint density at radius 1 is 1.21 bits per heavy atom. The minimum Gasteiger partial charge on any atom is -0.481 e. The zero-order chi connectivity index (χ0) is 24.1. The normalized spacial score (nSPS) is 28.0. The fourth-order valence-corrected chi connectivity index (χ4v) is 6.13. The average Bonchev–Trinajstić information content (AvgIpc) is 3.07. The molecular weight excluding hydrogens is 430 g/mol. The standard InChI is InChI=1S/C26H39N5O3/c1-31-24(33)26(30-25(31)27,14-13-18-7-4-3-5-8-18)16-19-9-6-10-21(15-19)29-23(32)20-11-12-22(34-2)28-17-20/h11-12,17-19,21H,3-10,13-16H2,1-2H3,(H2,27,30)(H,29,32)/t19-,21+,26+/m0/s1. The molecule has 3 atom stereocenters. The Hall–Kier alpha value is -2.64. The predicted molar refractivity (Wildman–Crippen MR) is 131 cm³/mol. The number of nitrogens with one attached hydrogen (secondary N) is 3. The van der Waals surface area contributed by atoms with Gasteiger partial charge >= 0.3 is 0 Å². The van der Waals surface area contributed by atoms with Crippen molar-refractivity contribution >= 4 is 17.8 Å². The van der Waals surface area contributed by atoms with E-state index in [1.54, 1.807) is 26.3 Å². The molecule has 2 heterocycles. The van der Waals surface area contributed by atoms with Crippen molar-refractivity contribution in [3.8, 4) is 5.88 Å². The topological polar surface area (TPSA) is 107 Å². The number of aromatic nitrogens is 1. The van der Waals surface area contributed by atoms with Crippen molar-refractivity contribution in [3.05, 3.63) is 23.9 Å². The lowest BCUT2D eigenvalue weighted by molar-refractivity contribution is -0.131. The highest BCUT2D eigenvalue weighted by atomic mass is 16.5. The molecule has 186 valence electrons. The van der Waals surface area contributed by atoms with Crippen molar-refractivity contribution < 1.29 is 14.3 Å². The highest BCUT2D eigenvalue weighted by Gasteiger charge is 2.49. The van der Waals surface area contributed by atoms with Gasteiger partial charge in [0.2, 0.25) is 5.88 Å². The van der Waals surface area contributed by atoms with Crippen LogP contribution in [0.1, 0.15) is 87.4 Å². The molecule has 0 bridgehead atoms. The largest absolute Gasteiger partial charge is 0.481 e. The molecule has 8 heteroatoms. The lowest BCUT2D eigenvalue weighted by Crippen LogP contribution is -2.50. The number of nitrogens with zero attached hydrogens (tertiary/aromatic N) is 2. The van der Waals surface area contributed by atoms with Crippen LogP contribution in [0.3, 0.4) is 0 Å². The Balaban J connectivity index is 1.39. The highest BCUT2D eigenvalue weighted by molar-refractivity contribution is 6.07. The van der Waals surface area contributed by atoms with Crippen LogP contribution >= 0.6 is 0 Å². The number of amides is 2. The third kappa shape index (κ3) is 5.53. The molecule has 4 rings (SSSR count). The molecule has 2 aliphatic carbocycles. The van der Waals surface area contributed by atoms with Crippen LogP contribution in [0.25, 0.3) is 0 Å². The van der Waals surface area contributed by atoms with Crippen LogP contribution in [-0.4, -0.2) is 53.4 Å². The Morgan fingerprint density at radius 2 is 1.97 bits per heavy atom. The number of hydrogen-bond acceptors (Lipinski definition) is 5. The van der Waals surface area contributed by atoms with Gasteiger partial charge in [0.1, 0.15) is 5.54 Å². The average molecular weight is 470 g/mol. The number of guanidine groups is 1. The Morgan fingerprint density at radius 3 is 2.62 bits per heavy atom. The first kappa shape index (κ1) is 24.5. The summed E-state index contributed by atoms with van der Waals surface area (Å²) in [5.41, 5.74) is -0.158. The van der Waals surface area contributed by atoms with Gasteiger partial charge < -0.3 is 15.4 Å². The number of likely N-dealkylation sites (N-methyl/N-ethyl adjacent to an activating group) is 1. The van der Waals surface area contributed by atoms with Gasteiger partial charge in [-0.05, 0) is 50.0 Å². The summed E-state index contributed by atoms with van der Waals surface area (Å²) in [5, 5.41) is 14.7. The van der Waals surface area contributed by atoms with Gasteiger partial charge in [-0.25, -0.2) is 4.98 Å². The van der Waals surface area contributed by atoms with E-state index >= 15 is 0 Å². The molecule has 1 saturated heterocycles. The number of methoxy groups -OCH3 is 1. The van der Waals surface area contributed by atoms with Gasteiger partial charge in [-0.3, -0.25) is 19.9 Å². The molecule has 2 amide bonds. The number of hydrogen-bond donors (Lipinski definition) is 3. The van der Waals surface area contributed by atoms with E-state index in [0.717, 1.165) is 44.9 Å². The summed E-state index contributed by atoms with van der Waals surface area (Å²) >= 11 is 0. The van der Waals surface area contributed by atoms with Crippen molar-refractivity contribution in [1.29, 1.82) is 5.41 Å². The lowest BCUT2D eigenvalue weighted by Gasteiger charge is -2.36. The second-order valence-electron chi connectivity index (χ2n) is 10.5. The molecule has 2 saturated carbocycles. The Labute approximate surface area is 202 Å². The fourth-order valence-electron chi connectivity index (χ4n) is 6.13. The van der Waals surface area contributed by atoms with Crippen LogP contribution in [0.4, 0.5) is 0 Å². The quantitative estimate of drug-likeness (QED) is 0.536. The lowest BCUT2D eigenvalue weighted by atomic mass is 9.74. The summed E-state index contributed by atoms with van der Waals surface area (Å²) < 4.78 is 5.07. The van der Waals surface area contributed by atoms with E-state index in [1.165, 1.54) is 43.2 Å². The van der Waals surface area contributed by atoms with Crippen LogP contribution in [0, 0.1) is 17.2 Å². The predicted octanol–water partition coefficient (Wildman–Crippen LogP) is 3.86. The molecule has 1 aromatic rings. The van der Waals surface area contributed by atoms with E-state index < -0.39 is 5.54 Å². The maximum absolute atomic E-state index is 13.3. The van der Waals surface area contributed by atoms with Gasteiger partial charge in [-0.2, -0.15) is 0 Å². The molecule has 0 spiro atoms. The smallest absolute Gasteiger partial charge is 0.254 e. The van der Waals surface area contributed by atoms with Gasteiger partial charge in [0.05, 0.1) is 12.7 Å². The van der Waals surface area contributed by atoms with E-state index in [0.29, 0.717) is 23.3 Å². The van der Waals surface area contributed by atoms with Crippen LogP contribution in [0.15, 0.2) is 18.3 Å². The summed E-state index contributed by atoms with van der Waals surface area (Å²) in [6.07, 6.45) is 14.4. The first-order valence-electron chi connectivity index (χ1n) is 12.9. The second-order valence-corrected chi connectivity index (χ2v) is 10.5. The molecule has 0 unspecified atom stereocenters. The summed E-state index contributed by atoms with van der Waals surface area (Å²) in [4.78, 5) is 31.7. The molecule has 1 aromatic heterocycles. The summed E-state index contributed by atoms with van der Waals surface area (Å²) in [5.74, 6) is 1.62. The van der Waals surface area contributed by atoms with Gasteiger partial charge in [0, 0.05) is 25.4 Å². The Kier molecular flexibility index (Phi) is 7.73. The van der Waals surface area contributed by atoms with Crippen LogP contribution in [-0.2, 0) is 4.79 Å². The van der Waals surface area contributed by atoms with Gasteiger partial charge in [-0.1, -0.05) is 44.9 Å². The van der Waals surface area contributed by atoms with Crippen LogP contribution in [0.2, 0.25) is 0 Å². The number of pyridine rings is 1. The Bertz CT molecular complexity index is 883. The molecular formula is C26H39N5O3. The molecule has 0 radical (unpaired) electrons. The third-order valence-corrected chi connectivity index (χ3v) is 8.07. The highest BCUT2D eigenvalue weighted by Crippen LogP contribution is 2.38. The van der Waals surface area contributed by atoms with Crippen LogP contribution < -0.4 is 15.4 Å². The zero-order valence-electron chi connectivity index (χ0n) is 20.6. The summed E-state index contributed by atoms with van der Waals surface area (Å²) in [6.45, 7) is 0. The molecule has 0 aromatic carbocycles. The van der Waals surface area contributed by atoms with E-state index in [-0.39, 0.29) is 23.8 Å². The fraction of sp³-hybridized carbons (Fsp3) is 0.692. The summed E-state index contributed by atoms with van der Waals surface area (Å²) in [7, 11) is 3.25. The number of rotatable bonds is 8. The minimum absolute atomic E-state index is 0.0313. The van der Waals surface area contributed by atoms with Crippen molar-refractivity contribution in [2.75, 3.05) is 14.2 Å². The van der Waals surface area contributed by atoms with Gasteiger partial charge in [-0.15, -0.1) is 0 Å². The molecule has 3 N–H and O–H groups in total. The molecule has 34 heavy (non-hydrogen) atoms. The van der Waals surface area contributed by atoms with Crippen molar-refractivity contribution in [2.45, 2.75) is 88.6 Å². The van der Waals surface area contributed by atoms with Crippen molar-refractivity contribution in [3.63, 3.8) is 0 Å². The van der Waals surface area contributed by atoms with Crippen LogP contribution in [0.5, 0.6) is 5.88 Å². The van der Waals surface area contributed by atoms with E-state index in [9.17, 15) is 9.59 Å². The molecule has 3 fully saturated rings. The number of carbonyl (C=O) groups is 2. The summed E-state index contributed by atoms with van der Waals surface area (Å²) in [6, 6.07) is 3.50. The van der Waals surface area contributed by atoms with E-state index in [4.69, 9.17) is 10.1 Å². The third-order valence-electron chi connectivity index (χ3n) is 8.07. The second kappa shape index (κ2) is 10.7. The van der Waals surface area contributed by atoms with Gasteiger partial charge in [0.25, 0.3) is 11.8 Å². The SMILES string of the molecule is COc1ccc(C(=O)N[C@@H]2CCC[C@H](C[C@@]3(CCC4CCCCC4)NC(=N)N(C)C3=O)C2)cn1. The van der Waals surface area contributed by atoms with Crippen molar-refractivity contribution in [2.24, 2.45) is 11.8 Å². The first-order chi connectivity index (χ1) is 16.4. The molecule has 8 nitrogen and oxygen atoms in total. The number of carbonyl (C=O) groups excluding carboxylic acids is 2. The van der Waals surface area contributed by atoms with Gasteiger partial charge in [0.15, 0.2) is 5.96 Å². The maximum atomic E-state index is 13.3.